The van der Waals surface area contributed by atoms with Crippen molar-refractivity contribution in [2.24, 2.45) is 5.73 Å². The third-order valence-electron chi connectivity index (χ3n) is 3.90. The number of benzene rings is 1. The molecule has 0 heterocycles. The maximum atomic E-state index is 5.79. The summed E-state index contributed by atoms with van der Waals surface area (Å²) in [4.78, 5) is 0. The second-order valence-corrected chi connectivity index (χ2v) is 5.79. The largest absolute Gasteiger partial charge is 0.382 e. The lowest BCUT2D eigenvalue weighted by Crippen LogP contribution is -2.28. The van der Waals surface area contributed by atoms with Gasteiger partial charge in [0, 0.05) is 23.7 Å². The highest BCUT2D eigenvalue weighted by Crippen LogP contribution is 2.25. The van der Waals surface area contributed by atoms with E-state index in [0.717, 1.165) is 0 Å². The standard InChI is InChI=1S/C15H24N2/c1-15(2,11-16)12-7-9-14(10-8-12)17-13-5-3-4-6-13/h7-10,13,17H,3-6,11,16H2,1-2H3. The molecule has 2 heteroatoms. The summed E-state index contributed by atoms with van der Waals surface area (Å²) in [5.74, 6) is 0. The van der Waals surface area contributed by atoms with Crippen molar-refractivity contribution in [3.63, 3.8) is 0 Å². The lowest BCUT2D eigenvalue weighted by molar-refractivity contribution is 0.539. The molecule has 1 fully saturated rings. The van der Waals surface area contributed by atoms with Crippen LogP contribution in [0.2, 0.25) is 0 Å². The molecule has 0 aliphatic heterocycles. The summed E-state index contributed by atoms with van der Waals surface area (Å²) in [6.07, 6.45) is 5.37. The Morgan fingerprint density at radius 3 is 2.29 bits per heavy atom. The normalized spacial score (nSPS) is 17.4. The molecule has 17 heavy (non-hydrogen) atoms. The van der Waals surface area contributed by atoms with E-state index >= 15 is 0 Å². The molecule has 0 aromatic heterocycles. The van der Waals surface area contributed by atoms with Crippen molar-refractivity contribution in [1.82, 2.24) is 0 Å². The van der Waals surface area contributed by atoms with Crippen molar-refractivity contribution in [3.8, 4) is 0 Å². The van der Waals surface area contributed by atoms with Crippen LogP contribution in [0.5, 0.6) is 0 Å². The van der Waals surface area contributed by atoms with Crippen LogP contribution in [0.1, 0.15) is 45.1 Å². The predicted octanol–water partition coefficient (Wildman–Crippen LogP) is 3.28. The van der Waals surface area contributed by atoms with Gasteiger partial charge < -0.3 is 11.1 Å². The van der Waals surface area contributed by atoms with Gasteiger partial charge in [-0.05, 0) is 30.5 Å². The van der Waals surface area contributed by atoms with Gasteiger partial charge in [-0.2, -0.15) is 0 Å². The van der Waals surface area contributed by atoms with E-state index in [0.29, 0.717) is 12.6 Å². The topological polar surface area (TPSA) is 38.0 Å². The Hall–Kier alpha value is -1.02. The number of nitrogens with one attached hydrogen (secondary N) is 1. The van der Waals surface area contributed by atoms with E-state index in [-0.39, 0.29) is 5.41 Å². The number of hydrogen-bond acceptors (Lipinski definition) is 2. The molecule has 0 bridgehead atoms. The van der Waals surface area contributed by atoms with Crippen LogP contribution in [0.15, 0.2) is 24.3 Å². The van der Waals surface area contributed by atoms with E-state index < -0.39 is 0 Å². The lowest BCUT2D eigenvalue weighted by atomic mass is 9.85. The van der Waals surface area contributed by atoms with Crippen LogP contribution in [0, 0.1) is 0 Å². The number of hydrogen-bond donors (Lipinski definition) is 2. The minimum Gasteiger partial charge on any atom is -0.382 e. The Morgan fingerprint density at radius 1 is 1.18 bits per heavy atom. The number of rotatable bonds is 4. The first-order valence-electron chi connectivity index (χ1n) is 6.69. The number of nitrogens with two attached hydrogens (primary N) is 1. The van der Waals surface area contributed by atoms with Gasteiger partial charge in [-0.3, -0.25) is 0 Å². The van der Waals surface area contributed by atoms with E-state index in [2.05, 4.69) is 43.4 Å². The number of anilines is 1. The van der Waals surface area contributed by atoms with Crippen molar-refractivity contribution in [3.05, 3.63) is 29.8 Å². The highest BCUT2D eigenvalue weighted by molar-refractivity contribution is 5.46. The molecule has 0 saturated heterocycles. The summed E-state index contributed by atoms with van der Waals surface area (Å²) < 4.78 is 0. The van der Waals surface area contributed by atoms with Gasteiger partial charge in [0.05, 0.1) is 0 Å². The van der Waals surface area contributed by atoms with Gasteiger partial charge in [0.2, 0.25) is 0 Å². The first kappa shape index (κ1) is 12.4. The van der Waals surface area contributed by atoms with E-state index in [4.69, 9.17) is 5.73 Å². The monoisotopic (exact) mass is 232 g/mol. The molecule has 94 valence electrons. The van der Waals surface area contributed by atoms with Gasteiger partial charge in [0.25, 0.3) is 0 Å². The SMILES string of the molecule is CC(C)(CN)c1ccc(NC2CCCC2)cc1. The second kappa shape index (κ2) is 5.09. The molecule has 1 aliphatic carbocycles. The molecule has 0 atom stereocenters. The first-order chi connectivity index (χ1) is 8.12. The highest BCUT2D eigenvalue weighted by Gasteiger charge is 2.18. The smallest absolute Gasteiger partial charge is 0.0342 e. The molecule has 1 saturated carbocycles. The molecular weight excluding hydrogens is 208 g/mol. The van der Waals surface area contributed by atoms with Gasteiger partial charge in [0.15, 0.2) is 0 Å². The van der Waals surface area contributed by atoms with Crippen LogP contribution in [0.25, 0.3) is 0 Å². The van der Waals surface area contributed by atoms with E-state index in [1.807, 2.05) is 0 Å². The fourth-order valence-electron chi connectivity index (χ4n) is 2.44. The Labute approximate surface area is 105 Å². The van der Waals surface area contributed by atoms with Crippen LogP contribution >= 0.6 is 0 Å². The Balaban J connectivity index is 2.02. The molecule has 1 aromatic rings. The van der Waals surface area contributed by atoms with Crippen LogP contribution in [0.3, 0.4) is 0 Å². The quantitative estimate of drug-likeness (QED) is 0.836. The Bertz CT molecular complexity index is 348. The van der Waals surface area contributed by atoms with Gasteiger partial charge in [-0.1, -0.05) is 38.8 Å². The first-order valence-corrected chi connectivity index (χ1v) is 6.69. The Morgan fingerprint density at radius 2 is 1.76 bits per heavy atom. The van der Waals surface area contributed by atoms with Crippen LogP contribution in [-0.4, -0.2) is 12.6 Å². The predicted molar refractivity (Wildman–Crippen MR) is 74.4 cm³/mol. The molecule has 2 nitrogen and oxygen atoms in total. The third kappa shape index (κ3) is 3.01. The molecule has 0 unspecified atom stereocenters. The van der Waals surface area contributed by atoms with Crippen LogP contribution < -0.4 is 11.1 Å². The van der Waals surface area contributed by atoms with Crippen molar-refractivity contribution in [1.29, 1.82) is 0 Å². The zero-order valence-electron chi connectivity index (χ0n) is 11.0. The zero-order valence-corrected chi connectivity index (χ0v) is 11.0. The molecule has 1 aromatic carbocycles. The van der Waals surface area contributed by atoms with E-state index in [9.17, 15) is 0 Å². The molecule has 3 N–H and O–H groups in total. The molecule has 0 amide bonds. The van der Waals surface area contributed by atoms with Crippen molar-refractivity contribution in [2.75, 3.05) is 11.9 Å². The van der Waals surface area contributed by atoms with Crippen LogP contribution in [0.4, 0.5) is 5.69 Å². The Kier molecular flexibility index (Phi) is 3.72. The van der Waals surface area contributed by atoms with Crippen molar-refractivity contribution < 1.29 is 0 Å². The summed E-state index contributed by atoms with van der Waals surface area (Å²) in [5.41, 5.74) is 8.43. The average Bonchev–Trinajstić information content (AvgIpc) is 2.83. The zero-order chi connectivity index (χ0) is 12.3. The van der Waals surface area contributed by atoms with Gasteiger partial charge in [-0.15, -0.1) is 0 Å². The fraction of sp³-hybridized carbons (Fsp3) is 0.600. The highest BCUT2D eigenvalue weighted by atomic mass is 14.9. The third-order valence-corrected chi connectivity index (χ3v) is 3.90. The summed E-state index contributed by atoms with van der Waals surface area (Å²) >= 11 is 0. The lowest BCUT2D eigenvalue weighted by Gasteiger charge is -2.23. The fourth-order valence-corrected chi connectivity index (χ4v) is 2.44. The van der Waals surface area contributed by atoms with Gasteiger partial charge in [-0.25, -0.2) is 0 Å². The second-order valence-electron chi connectivity index (χ2n) is 5.79. The molecule has 2 rings (SSSR count). The molecule has 0 spiro atoms. The van der Waals surface area contributed by atoms with Crippen molar-refractivity contribution in [2.45, 2.75) is 51.0 Å². The molecular formula is C15H24N2. The summed E-state index contributed by atoms with van der Waals surface area (Å²) in [6.45, 7) is 5.06. The minimum absolute atomic E-state index is 0.0753. The summed E-state index contributed by atoms with van der Waals surface area (Å²) in [7, 11) is 0. The maximum Gasteiger partial charge on any atom is 0.0342 e. The molecule has 1 aliphatic rings. The summed E-state index contributed by atoms with van der Waals surface area (Å²) in [5, 5.41) is 3.61. The van der Waals surface area contributed by atoms with E-state index in [1.165, 1.54) is 36.9 Å². The van der Waals surface area contributed by atoms with Gasteiger partial charge in [0.1, 0.15) is 0 Å². The van der Waals surface area contributed by atoms with Crippen LogP contribution in [-0.2, 0) is 5.41 Å². The molecule has 0 radical (unpaired) electrons. The maximum absolute atomic E-state index is 5.79. The van der Waals surface area contributed by atoms with Gasteiger partial charge >= 0.3 is 0 Å². The van der Waals surface area contributed by atoms with Crippen molar-refractivity contribution >= 4 is 5.69 Å². The summed E-state index contributed by atoms with van der Waals surface area (Å²) in [6, 6.07) is 9.45. The minimum atomic E-state index is 0.0753. The van der Waals surface area contributed by atoms with E-state index in [1.54, 1.807) is 0 Å². The average molecular weight is 232 g/mol.